The Morgan fingerprint density at radius 2 is 2.00 bits per heavy atom. The number of imidazole rings is 1. The highest BCUT2D eigenvalue weighted by atomic mass is 16.5. The van der Waals surface area contributed by atoms with Crippen LogP contribution in [0.5, 0.6) is 0 Å². The fraction of sp³-hybridized carbons (Fsp3) is 0.800. The lowest BCUT2D eigenvalue weighted by atomic mass is 9.95. The molecule has 1 N–H and O–H groups in total. The Morgan fingerprint density at radius 3 is 2.80 bits per heavy atom. The molecule has 0 bridgehead atoms. The lowest BCUT2D eigenvalue weighted by Gasteiger charge is -2.27. The normalized spacial score (nSPS) is 22.2. The Hall–Kier alpha value is -0.910. The summed E-state index contributed by atoms with van der Waals surface area (Å²) in [6.07, 6.45) is 7.78. The molecule has 112 valence electrons. The molecule has 3 heterocycles. The average molecular weight is 278 g/mol. The molecule has 2 saturated heterocycles. The van der Waals surface area contributed by atoms with Crippen molar-refractivity contribution < 1.29 is 4.74 Å². The van der Waals surface area contributed by atoms with E-state index in [1.54, 1.807) is 0 Å². The van der Waals surface area contributed by atoms with E-state index in [0.717, 1.165) is 45.9 Å². The Morgan fingerprint density at radius 1 is 1.20 bits per heavy atom. The zero-order valence-electron chi connectivity index (χ0n) is 12.3. The number of ether oxygens (including phenoxy) is 1. The summed E-state index contributed by atoms with van der Waals surface area (Å²) >= 11 is 0. The second-order valence-corrected chi connectivity index (χ2v) is 5.84. The number of morpholine rings is 1. The predicted octanol–water partition coefficient (Wildman–Crippen LogP) is 1.07. The summed E-state index contributed by atoms with van der Waals surface area (Å²) in [7, 11) is 0. The molecule has 1 aromatic rings. The molecular formula is C15H26N4O. The van der Waals surface area contributed by atoms with Crippen LogP contribution in [0.25, 0.3) is 0 Å². The molecule has 2 aliphatic heterocycles. The zero-order valence-corrected chi connectivity index (χ0v) is 12.3. The van der Waals surface area contributed by atoms with E-state index in [9.17, 15) is 0 Å². The van der Waals surface area contributed by atoms with Crippen LogP contribution in [0.3, 0.4) is 0 Å². The van der Waals surface area contributed by atoms with Crippen molar-refractivity contribution in [2.75, 3.05) is 45.9 Å². The molecule has 0 unspecified atom stereocenters. The third-order valence-corrected chi connectivity index (χ3v) is 4.48. The van der Waals surface area contributed by atoms with Crippen LogP contribution in [-0.4, -0.2) is 60.4 Å². The fourth-order valence-electron chi connectivity index (χ4n) is 3.26. The van der Waals surface area contributed by atoms with Gasteiger partial charge in [0.25, 0.3) is 0 Å². The Bertz CT molecular complexity index is 394. The standard InChI is InChI=1S/C15H26N4O/c1(6-18-8-10-20-11-9-18)7-19-13-17-12-15(19)14-2-4-16-5-3-14/h12-14,16H,1-11H2. The van der Waals surface area contributed by atoms with Gasteiger partial charge >= 0.3 is 0 Å². The van der Waals surface area contributed by atoms with Crippen LogP contribution in [0.1, 0.15) is 30.9 Å². The molecule has 0 radical (unpaired) electrons. The highest BCUT2D eigenvalue weighted by Crippen LogP contribution is 2.24. The summed E-state index contributed by atoms with van der Waals surface area (Å²) < 4.78 is 7.76. The van der Waals surface area contributed by atoms with Gasteiger partial charge < -0.3 is 14.6 Å². The average Bonchev–Trinajstić information content (AvgIpc) is 2.98. The van der Waals surface area contributed by atoms with Crippen LogP contribution in [0.2, 0.25) is 0 Å². The van der Waals surface area contributed by atoms with E-state index < -0.39 is 0 Å². The van der Waals surface area contributed by atoms with Crippen LogP contribution in [-0.2, 0) is 11.3 Å². The molecule has 0 aromatic carbocycles. The van der Waals surface area contributed by atoms with Gasteiger partial charge in [-0.25, -0.2) is 4.98 Å². The molecule has 0 saturated carbocycles. The van der Waals surface area contributed by atoms with E-state index in [1.807, 2.05) is 6.33 Å². The number of rotatable bonds is 5. The van der Waals surface area contributed by atoms with Crippen molar-refractivity contribution in [3.63, 3.8) is 0 Å². The van der Waals surface area contributed by atoms with Crippen LogP contribution >= 0.6 is 0 Å². The van der Waals surface area contributed by atoms with Crippen LogP contribution in [0.4, 0.5) is 0 Å². The van der Waals surface area contributed by atoms with Crippen molar-refractivity contribution in [3.8, 4) is 0 Å². The Kier molecular flexibility index (Phi) is 5.06. The van der Waals surface area contributed by atoms with Gasteiger partial charge in [0.2, 0.25) is 0 Å². The lowest BCUT2D eigenvalue weighted by Crippen LogP contribution is -2.37. The number of aromatic nitrogens is 2. The molecule has 3 rings (SSSR count). The number of nitrogens with one attached hydrogen (secondary N) is 1. The van der Waals surface area contributed by atoms with Gasteiger partial charge in [0.05, 0.1) is 19.5 Å². The minimum Gasteiger partial charge on any atom is -0.379 e. The van der Waals surface area contributed by atoms with Gasteiger partial charge in [-0.1, -0.05) is 0 Å². The summed E-state index contributed by atoms with van der Waals surface area (Å²) in [5.41, 5.74) is 1.44. The predicted molar refractivity (Wildman–Crippen MR) is 78.9 cm³/mol. The topological polar surface area (TPSA) is 42.3 Å². The summed E-state index contributed by atoms with van der Waals surface area (Å²) in [5.74, 6) is 0.696. The summed E-state index contributed by atoms with van der Waals surface area (Å²) in [6, 6.07) is 0. The Balaban J connectivity index is 1.48. The maximum absolute atomic E-state index is 5.39. The monoisotopic (exact) mass is 278 g/mol. The molecule has 1 aromatic heterocycles. The summed E-state index contributed by atoms with van der Waals surface area (Å²) in [6.45, 7) is 8.52. The third kappa shape index (κ3) is 3.59. The van der Waals surface area contributed by atoms with Gasteiger partial charge in [-0.15, -0.1) is 0 Å². The van der Waals surface area contributed by atoms with E-state index >= 15 is 0 Å². The number of hydrogen-bond donors (Lipinski definition) is 1. The van der Waals surface area contributed by atoms with Gasteiger partial charge in [-0.3, -0.25) is 4.90 Å². The van der Waals surface area contributed by atoms with Gasteiger partial charge in [-0.05, 0) is 32.4 Å². The maximum Gasteiger partial charge on any atom is 0.0948 e. The zero-order chi connectivity index (χ0) is 13.6. The minimum atomic E-state index is 0.696. The van der Waals surface area contributed by atoms with E-state index in [4.69, 9.17) is 4.74 Å². The highest BCUT2D eigenvalue weighted by Gasteiger charge is 2.18. The van der Waals surface area contributed by atoms with Crippen molar-refractivity contribution >= 4 is 0 Å². The van der Waals surface area contributed by atoms with Crippen LogP contribution < -0.4 is 5.32 Å². The van der Waals surface area contributed by atoms with E-state index in [-0.39, 0.29) is 0 Å². The van der Waals surface area contributed by atoms with Gasteiger partial charge in [0.1, 0.15) is 0 Å². The smallest absolute Gasteiger partial charge is 0.0948 e. The molecule has 0 atom stereocenters. The minimum absolute atomic E-state index is 0.696. The van der Waals surface area contributed by atoms with E-state index in [2.05, 4.69) is 26.0 Å². The molecule has 2 aliphatic rings. The second kappa shape index (κ2) is 7.20. The first-order chi connectivity index (χ1) is 9.93. The first-order valence-electron chi connectivity index (χ1n) is 7.94. The molecule has 0 amide bonds. The van der Waals surface area contributed by atoms with Gasteiger partial charge in [0, 0.05) is 44.0 Å². The molecule has 20 heavy (non-hydrogen) atoms. The molecule has 5 nitrogen and oxygen atoms in total. The first-order valence-corrected chi connectivity index (χ1v) is 7.94. The SMILES string of the molecule is c1ncn(CCCN2CCOCC2)c1C1CCNCC1. The number of nitrogens with zero attached hydrogens (tertiary/aromatic N) is 3. The summed E-state index contributed by atoms with van der Waals surface area (Å²) in [4.78, 5) is 6.88. The van der Waals surface area contributed by atoms with Crippen molar-refractivity contribution in [1.82, 2.24) is 19.8 Å². The lowest BCUT2D eigenvalue weighted by molar-refractivity contribution is 0.0369. The summed E-state index contributed by atoms with van der Waals surface area (Å²) in [5, 5.41) is 3.43. The number of hydrogen-bond acceptors (Lipinski definition) is 4. The third-order valence-electron chi connectivity index (χ3n) is 4.48. The van der Waals surface area contributed by atoms with Crippen molar-refractivity contribution in [3.05, 3.63) is 18.2 Å². The number of piperidine rings is 1. The largest absolute Gasteiger partial charge is 0.379 e. The van der Waals surface area contributed by atoms with Crippen molar-refractivity contribution in [1.29, 1.82) is 0 Å². The molecule has 0 spiro atoms. The van der Waals surface area contributed by atoms with Crippen molar-refractivity contribution in [2.45, 2.75) is 31.7 Å². The van der Waals surface area contributed by atoms with Gasteiger partial charge in [0.15, 0.2) is 0 Å². The molecule has 0 aliphatic carbocycles. The second-order valence-electron chi connectivity index (χ2n) is 5.84. The quantitative estimate of drug-likeness (QED) is 0.875. The van der Waals surface area contributed by atoms with E-state index in [1.165, 1.54) is 31.5 Å². The fourth-order valence-corrected chi connectivity index (χ4v) is 3.26. The van der Waals surface area contributed by atoms with E-state index in [0.29, 0.717) is 5.92 Å². The molecule has 2 fully saturated rings. The van der Waals surface area contributed by atoms with Crippen LogP contribution in [0, 0.1) is 0 Å². The molecule has 5 heteroatoms. The molecular weight excluding hydrogens is 252 g/mol. The first kappa shape index (κ1) is 14.0. The van der Waals surface area contributed by atoms with Crippen LogP contribution in [0.15, 0.2) is 12.5 Å². The Labute approximate surface area is 121 Å². The highest BCUT2D eigenvalue weighted by molar-refractivity contribution is 5.07. The maximum atomic E-state index is 5.39. The van der Waals surface area contributed by atoms with Crippen molar-refractivity contribution in [2.24, 2.45) is 0 Å². The number of aryl methyl sites for hydroxylation is 1. The van der Waals surface area contributed by atoms with Gasteiger partial charge in [-0.2, -0.15) is 0 Å².